The van der Waals surface area contributed by atoms with Crippen LogP contribution in [0.15, 0.2) is 51.8 Å². The zero-order chi connectivity index (χ0) is 18.9. The smallest absolute Gasteiger partial charge is 0.266 e. The van der Waals surface area contributed by atoms with Crippen LogP contribution in [0.25, 0.3) is 0 Å². The summed E-state index contributed by atoms with van der Waals surface area (Å²) in [4.78, 5) is 29.3. The molecule has 0 unspecified atom stereocenters. The number of carbonyl (C=O) groups is 2. The van der Waals surface area contributed by atoms with E-state index >= 15 is 0 Å². The van der Waals surface area contributed by atoms with Crippen molar-refractivity contribution in [3.05, 3.63) is 57.9 Å². The van der Waals surface area contributed by atoms with Crippen molar-refractivity contribution in [1.82, 2.24) is 4.98 Å². The number of pyridine rings is 1. The second kappa shape index (κ2) is 6.98. The molecule has 2 amide bonds. The molecule has 0 saturated heterocycles. The van der Waals surface area contributed by atoms with Crippen molar-refractivity contribution in [1.29, 1.82) is 0 Å². The third kappa shape index (κ3) is 3.52. The molecule has 0 atom stereocenters. The molecule has 3 rings (SSSR count). The molecule has 3 N–H and O–H groups in total. The highest BCUT2D eigenvalue weighted by molar-refractivity contribution is 7.93. The third-order valence-corrected chi connectivity index (χ3v) is 7.54. The van der Waals surface area contributed by atoms with Crippen molar-refractivity contribution in [2.24, 2.45) is 5.73 Å². The van der Waals surface area contributed by atoms with Crippen LogP contribution in [-0.2, 0) is 9.84 Å². The molecule has 3 aromatic rings. The van der Waals surface area contributed by atoms with Crippen molar-refractivity contribution in [2.75, 3.05) is 5.32 Å². The molecule has 0 aliphatic heterocycles. The number of sulfone groups is 1. The van der Waals surface area contributed by atoms with Crippen LogP contribution in [0, 0.1) is 6.92 Å². The number of rotatable bonds is 5. The number of nitrogens with zero attached hydrogens (tertiary/aromatic N) is 1. The van der Waals surface area contributed by atoms with E-state index in [2.05, 4.69) is 10.3 Å². The summed E-state index contributed by atoms with van der Waals surface area (Å²) in [7, 11) is -3.92. The van der Waals surface area contributed by atoms with Gasteiger partial charge in [0, 0.05) is 11.1 Å². The lowest BCUT2D eigenvalue weighted by Gasteiger charge is -2.02. The SMILES string of the molecule is Cc1ccc(C(=O)Nc2sc(S(=O)(=O)c3ccccn3)cc2C(N)=O)s1. The Labute approximate surface area is 157 Å². The van der Waals surface area contributed by atoms with Gasteiger partial charge in [-0.05, 0) is 37.3 Å². The summed E-state index contributed by atoms with van der Waals surface area (Å²) in [6.07, 6.45) is 1.36. The summed E-state index contributed by atoms with van der Waals surface area (Å²) in [5.41, 5.74) is 5.27. The quantitative estimate of drug-likeness (QED) is 0.674. The summed E-state index contributed by atoms with van der Waals surface area (Å²) < 4.78 is 25.2. The molecule has 3 heterocycles. The zero-order valence-electron chi connectivity index (χ0n) is 13.4. The van der Waals surface area contributed by atoms with E-state index in [-0.39, 0.29) is 19.8 Å². The maximum absolute atomic E-state index is 12.7. The van der Waals surface area contributed by atoms with E-state index in [0.717, 1.165) is 22.3 Å². The number of nitrogens with two attached hydrogens (primary N) is 1. The molecule has 0 bridgehead atoms. The van der Waals surface area contributed by atoms with Crippen LogP contribution in [0.5, 0.6) is 0 Å². The first-order valence-electron chi connectivity index (χ1n) is 7.26. The van der Waals surface area contributed by atoms with Gasteiger partial charge in [0.05, 0.1) is 10.4 Å². The van der Waals surface area contributed by atoms with E-state index in [1.165, 1.54) is 23.6 Å². The van der Waals surface area contributed by atoms with Gasteiger partial charge in [-0.2, -0.15) is 0 Å². The Bertz CT molecular complexity index is 1090. The number of nitrogens with one attached hydrogen (secondary N) is 1. The molecule has 3 aromatic heterocycles. The summed E-state index contributed by atoms with van der Waals surface area (Å²) in [5.74, 6) is -1.27. The average Bonchev–Trinajstić information content (AvgIpc) is 3.22. The number of hydrogen-bond acceptors (Lipinski definition) is 7. The highest BCUT2D eigenvalue weighted by Gasteiger charge is 2.26. The topological polar surface area (TPSA) is 119 Å². The molecule has 26 heavy (non-hydrogen) atoms. The fraction of sp³-hybridized carbons (Fsp3) is 0.0625. The highest BCUT2D eigenvalue weighted by Crippen LogP contribution is 2.34. The number of carbonyl (C=O) groups excluding carboxylic acids is 2. The first-order chi connectivity index (χ1) is 12.3. The van der Waals surface area contributed by atoms with Crippen LogP contribution >= 0.6 is 22.7 Å². The van der Waals surface area contributed by atoms with Crippen LogP contribution in [0.2, 0.25) is 0 Å². The van der Waals surface area contributed by atoms with Gasteiger partial charge in [-0.25, -0.2) is 13.4 Å². The van der Waals surface area contributed by atoms with E-state index in [9.17, 15) is 18.0 Å². The fourth-order valence-corrected chi connectivity index (χ4v) is 5.54. The summed E-state index contributed by atoms with van der Waals surface area (Å²) >= 11 is 2.05. The van der Waals surface area contributed by atoms with Crippen molar-refractivity contribution in [2.45, 2.75) is 16.2 Å². The molecule has 0 aliphatic rings. The Balaban J connectivity index is 1.99. The van der Waals surface area contributed by atoms with Gasteiger partial charge in [-0.3, -0.25) is 9.59 Å². The molecular weight excluding hydrogens is 394 g/mol. The number of aryl methyl sites for hydroxylation is 1. The molecule has 7 nitrogen and oxygen atoms in total. The molecule has 0 radical (unpaired) electrons. The highest BCUT2D eigenvalue weighted by atomic mass is 32.2. The van der Waals surface area contributed by atoms with Gasteiger partial charge in [-0.1, -0.05) is 6.07 Å². The van der Waals surface area contributed by atoms with Crippen molar-refractivity contribution >= 4 is 49.3 Å². The molecule has 0 fully saturated rings. The Morgan fingerprint density at radius 3 is 2.50 bits per heavy atom. The van der Waals surface area contributed by atoms with Crippen molar-refractivity contribution < 1.29 is 18.0 Å². The number of aromatic nitrogens is 1. The van der Waals surface area contributed by atoms with Gasteiger partial charge in [-0.15, -0.1) is 22.7 Å². The molecular formula is C16H13N3O4S3. The summed E-state index contributed by atoms with van der Waals surface area (Å²) in [6.45, 7) is 1.86. The zero-order valence-corrected chi connectivity index (χ0v) is 15.9. The maximum Gasteiger partial charge on any atom is 0.266 e. The van der Waals surface area contributed by atoms with Gasteiger partial charge in [0.15, 0.2) is 5.03 Å². The lowest BCUT2D eigenvalue weighted by atomic mass is 10.3. The fourth-order valence-electron chi connectivity index (χ4n) is 2.11. The number of amides is 2. The molecule has 134 valence electrons. The van der Waals surface area contributed by atoms with E-state index < -0.39 is 21.7 Å². The van der Waals surface area contributed by atoms with Crippen molar-refractivity contribution in [3.63, 3.8) is 0 Å². The molecule has 0 aromatic carbocycles. The monoisotopic (exact) mass is 407 g/mol. The molecule has 0 saturated carbocycles. The lowest BCUT2D eigenvalue weighted by Crippen LogP contribution is -2.15. The molecule has 0 aliphatic carbocycles. The average molecular weight is 407 g/mol. The largest absolute Gasteiger partial charge is 0.366 e. The Morgan fingerprint density at radius 1 is 1.15 bits per heavy atom. The summed E-state index contributed by atoms with van der Waals surface area (Å²) in [6, 6.07) is 9.09. The van der Waals surface area contributed by atoms with Gasteiger partial charge in [0.1, 0.15) is 9.21 Å². The van der Waals surface area contributed by atoms with Crippen LogP contribution in [0.4, 0.5) is 5.00 Å². The van der Waals surface area contributed by atoms with E-state index in [4.69, 9.17) is 5.73 Å². The minimum atomic E-state index is -3.92. The predicted molar refractivity (Wildman–Crippen MR) is 99.5 cm³/mol. The van der Waals surface area contributed by atoms with Gasteiger partial charge < -0.3 is 11.1 Å². The number of anilines is 1. The Morgan fingerprint density at radius 2 is 1.92 bits per heavy atom. The second-order valence-electron chi connectivity index (χ2n) is 5.21. The van der Waals surface area contributed by atoms with Crippen LogP contribution in [-0.4, -0.2) is 25.2 Å². The first-order valence-corrected chi connectivity index (χ1v) is 10.4. The minimum Gasteiger partial charge on any atom is -0.366 e. The Kier molecular flexibility index (Phi) is 4.90. The first kappa shape index (κ1) is 18.2. The number of thiophene rings is 2. The molecule has 10 heteroatoms. The van der Waals surface area contributed by atoms with Crippen molar-refractivity contribution in [3.8, 4) is 0 Å². The lowest BCUT2D eigenvalue weighted by molar-refractivity contribution is 0.100. The maximum atomic E-state index is 12.7. The number of hydrogen-bond donors (Lipinski definition) is 2. The van der Waals surface area contributed by atoms with Gasteiger partial charge in [0.25, 0.3) is 11.8 Å². The van der Waals surface area contributed by atoms with E-state index in [1.54, 1.807) is 24.3 Å². The molecule has 0 spiro atoms. The minimum absolute atomic E-state index is 0.0638. The van der Waals surface area contributed by atoms with Crippen LogP contribution in [0.1, 0.15) is 24.9 Å². The predicted octanol–water partition coefficient (Wildman–Crippen LogP) is 2.70. The number of primary amides is 1. The van der Waals surface area contributed by atoms with E-state index in [1.807, 2.05) is 6.92 Å². The van der Waals surface area contributed by atoms with E-state index in [0.29, 0.717) is 4.88 Å². The normalized spacial score (nSPS) is 11.3. The second-order valence-corrected chi connectivity index (χ2v) is 9.67. The van der Waals surface area contributed by atoms with Gasteiger partial charge >= 0.3 is 0 Å². The third-order valence-electron chi connectivity index (χ3n) is 3.34. The van der Waals surface area contributed by atoms with Crippen LogP contribution < -0.4 is 11.1 Å². The van der Waals surface area contributed by atoms with Crippen LogP contribution in [0.3, 0.4) is 0 Å². The summed E-state index contributed by atoms with van der Waals surface area (Å²) in [5, 5.41) is 2.51. The Hall–Kier alpha value is -2.56. The standard InChI is InChI=1S/C16H13N3O4S3/c1-9-5-6-11(24-9)15(21)19-16-10(14(17)20)8-13(25-16)26(22,23)12-4-2-3-7-18-12/h2-8H,1H3,(H2,17,20)(H,19,21). The van der Waals surface area contributed by atoms with Gasteiger partial charge in [0.2, 0.25) is 9.84 Å².